The first-order valence-corrected chi connectivity index (χ1v) is 8.14. The highest BCUT2D eigenvalue weighted by Gasteiger charge is 2.22. The van der Waals surface area contributed by atoms with Crippen LogP contribution < -0.4 is 5.32 Å². The van der Waals surface area contributed by atoms with Crippen LogP contribution in [0, 0.1) is 13.8 Å². The number of rotatable bonds is 4. The number of carbonyl (C=O) groups excluding carboxylic acids is 1. The number of halogens is 2. The maximum absolute atomic E-state index is 12.9. The first-order valence-electron chi connectivity index (χ1n) is 8.14. The number of hydrogen-bond donors (Lipinski definition) is 1. The van der Waals surface area contributed by atoms with E-state index in [0.29, 0.717) is 21.6 Å². The molecule has 0 aliphatic heterocycles. The Morgan fingerprint density at radius 1 is 1.33 bits per heavy atom. The Morgan fingerprint density at radius 3 is 2.71 bits per heavy atom. The van der Waals surface area contributed by atoms with Crippen molar-refractivity contribution in [1.82, 2.24) is 15.1 Å². The molecule has 0 spiro atoms. The molecule has 0 saturated carbocycles. The minimum absolute atomic E-state index is 0.0858. The van der Waals surface area contributed by atoms with Gasteiger partial charge in [0.05, 0.1) is 12.1 Å². The molecule has 1 amide bonds. The normalized spacial score (nSPS) is 17.0. The van der Waals surface area contributed by atoms with Crippen molar-refractivity contribution in [3.8, 4) is 0 Å². The summed E-state index contributed by atoms with van der Waals surface area (Å²) in [6.07, 6.45) is 2.75. The second-order valence-electron chi connectivity index (χ2n) is 6.32. The van der Waals surface area contributed by atoms with Crippen LogP contribution in [0.1, 0.15) is 41.0 Å². The number of alkyl halides is 2. The highest BCUT2D eigenvalue weighted by Crippen LogP contribution is 2.22. The second kappa shape index (κ2) is 6.71. The van der Waals surface area contributed by atoms with Gasteiger partial charge >= 0.3 is 6.55 Å². The van der Waals surface area contributed by atoms with Crippen LogP contribution in [0.3, 0.4) is 0 Å². The van der Waals surface area contributed by atoms with E-state index in [1.54, 1.807) is 13.8 Å². The standard InChI is InChI=1S/C18H21F2N3O/c1-11-16(12(2)23(22-11)18(19)20)10-17(24)21-15-8-7-13-5-3-4-6-14(13)9-15/h3-6,15,18H,7-10H2,1-2H3,(H,21,24). The summed E-state index contributed by atoms with van der Waals surface area (Å²) in [7, 11) is 0. The molecule has 2 aromatic rings. The molecule has 0 radical (unpaired) electrons. The molecule has 6 heteroatoms. The van der Waals surface area contributed by atoms with E-state index in [0.717, 1.165) is 19.3 Å². The highest BCUT2D eigenvalue weighted by molar-refractivity contribution is 5.79. The molecule has 1 heterocycles. The van der Waals surface area contributed by atoms with Gasteiger partial charge in [0, 0.05) is 17.3 Å². The van der Waals surface area contributed by atoms with E-state index in [9.17, 15) is 13.6 Å². The Balaban J connectivity index is 1.65. The van der Waals surface area contributed by atoms with Gasteiger partial charge in [0.2, 0.25) is 5.91 Å². The SMILES string of the molecule is Cc1nn(C(F)F)c(C)c1CC(=O)NC1CCc2ccccc2C1. The molecule has 0 saturated heterocycles. The first kappa shape index (κ1) is 16.6. The number of aryl methyl sites for hydroxylation is 2. The lowest BCUT2D eigenvalue weighted by Crippen LogP contribution is -2.39. The van der Waals surface area contributed by atoms with Crippen LogP contribution >= 0.6 is 0 Å². The summed E-state index contributed by atoms with van der Waals surface area (Å²) in [6, 6.07) is 8.35. The van der Waals surface area contributed by atoms with Crippen LogP contribution in [0.4, 0.5) is 8.78 Å². The van der Waals surface area contributed by atoms with Gasteiger partial charge in [0.25, 0.3) is 0 Å². The molecular weight excluding hydrogens is 312 g/mol. The minimum Gasteiger partial charge on any atom is -0.353 e. The van der Waals surface area contributed by atoms with Crippen LogP contribution in [0.2, 0.25) is 0 Å². The maximum Gasteiger partial charge on any atom is 0.333 e. The average Bonchev–Trinajstić information content (AvgIpc) is 2.83. The van der Waals surface area contributed by atoms with Crippen LogP contribution in [0.15, 0.2) is 24.3 Å². The fourth-order valence-corrected chi connectivity index (χ4v) is 3.40. The Bertz CT molecular complexity index is 755. The van der Waals surface area contributed by atoms with Crippen molar-refractivity contribution < 1.29 is 13.6 Å². The second-order valence-corrected chi connectivity index (χ2v) is 6.32. The molecule has 1 aliphatic rings. The summed E-state index contributed by atoms with van der Waals surface area (Å²) in [4.78, 5) is 12.3. The van der Waals surface area contributed by atoms with E-state index in [4.69, 9.17) is 0 Å². The molecule has 1 aliphatic carbocycles. The zero-order valence-corrected chi connectivity index (χ0v) is 13.9. The zero-order chi connectivity index (χ0) is 17.3. The van der Waals surface area contributed by atoms with Crippen LogP contribution in [-0.2, 0) is 24.1 Å². The molecule has 0 fully saturated rings. The molecule has 1 atom stereocenters. The highest BCUT2D eigenvalue weighted by atomic mass is 19.3. The molecule has 1 aromatic heterocycles. The van der Waals surface area contributed by atoms with Gasteiger partial charge in [-0.3, -0.25) is 4.79 Å². The van der Waals surface area contributed by atoms with Gasteiger partial charge in [-0.15, -0.1) is 0 Å². The van der Waals surface area contributed by atoms with E-state index in [-0.39, 0.29) is 18.4 Å². The summed E-state index contributed by atoms with van der Waals surface area (Å²) >= 11 is 0. The Hall–Kier alpha value is -2.24. The first-order chi connectivity index (χ1) is 11.5. The third-order valence-corrected chi connectivity index (χ3v) is 4.71. The van der Waals surface area contributed by atoms with Gasteiger partial charge < -0.3 is 5.32 Å². The zero-order valence-electron chi connectivity index (χ0n) is 13.9. The van der Waals surface area contributed by atoms with Crippen molar-refractivity contribution in [3.05, 3.63) is 52.3 Å². The maximum atomic E-state index is 12.9. The fraction of sp³-hybridized carbons (Fsp3) is 0.444. The Labute approximate surface area is 139 Å². The number of nitrogens with zero attached hydrogens (tertiary/aromatic N) is 2. The van der Waals surface area contributed by atoms with E-state index >= 15 is 0 Å². The van der Waals surface area contributed by atoms with E-state index in [1.807, 2.05) is 12.1 Å². The van der Waals surface area contributed by atoms with Crippen molar-refractivity contribution in [2.75, 3.05) is 0 Å². The van der Waals surface area contributed by atoms with Gasteiger partial charge in [0.1, 0.15) is 0 Å². The monoisotopic (exact) mass is 333 g/mol. The predicted molar refractivity (Wildman–Crippen MR) is 87.1 cm³/mol. The van der Waals surface area contributed by atoms with Crippen LogP contribution in [-0.4, -0.2) is 21.7 Å². The largest absolute Gasteiger partial charge is 0.353 e. The number of amides is 1. The number of aromatic nitrogens is 2. The lowest BCUT2D eigenvalue weighted by atomic mass is 9.88. The summed E-state index contributed by atoms with van der Waals surface area (Å²) in [5.41, 5.74) is 4.03. The summed E-state index contributed by atoms with van der Waals surface area (Å²) in [5.74, 6) is -0.139. The number of fused-ring (bicyclic) bond motifs is 1. The predicted octanol–water partition coefficient (Wildman–Crippen LogP) is 3.11. The lowest BCUT2D eigenvalue weighted by molar-refractivity contribution is -0.121. The molecule has 3 rings (SSSR count). The van der Waals surface area contributed by atoms with Crippen LogP contribution in [0.25, 0.3) is 0 Å². The summed E-state index contributed by atoms with van der Waals surface area (Å²) < 4.78 is 26.4. The Kier molecular flexibility index (Phi) is 4.64. The van der Waals surface area contributed by atoms with Gasteiger partial charge in [-0.2, -0.15) is 13.9 Å². The lowest BCUT2D eigenvalue weighted by Gasteiger charge is -2.25. The molecule has 0 bridgehead atoms. The quantitative estimate of drug-likeness (QED) is 0.934. The van der Waals surface area contributed by atoms with Gasteiger partial charge in [-0.25, -0.2) is 4.68 Å². The Morgan fingerprint density at radius 2 is 2.04 bits per heavy atom. The van der Waals surface area contributed by atoms with Gasteiger partial charge in [-0.05, 0) is 44.2 Å². The molecule has 1 unspecified atom stereocenters. The summed E-state index contributed by atoms with van der Waals surface area (Å²) in [6.45, 7) is 0.548. The minimum atomic E-state index is -2.68. The molecule has 1 N–H and O–H groups in total. The molecule has 24 heavy (non-hydrogen) atoms. The van der Waals surface area contributed by atoms with Crippen molar-refractivity contribution >= 4 is 5.91 Å². The van der Waals surface area contributed by atoms with E-state index in [2.05, 4.69) is 22.5 Å². The van der Waals surface area contributed by atoms with E-state index < -0.39 is 6.55 Å². The van der Waals surface area contributed by atoms with Gasteiger partial charge in [0.15, 0.2) is 0 Å². The third kappa shape index (κ3) is 3.32. The average molecular weight is 333 g/mol. The van der Waals surface area contributed by atoms with Crippen molar-refractivity contribution in [3.63, 3.8) is 0 Å². The smallest absolute Gasteiger partial charge is 0.333 e. The third-order valence-electron chi connectivity index (χ3n) is 4.71. The topological polar surface area (TPSA) is 46.9 Å². The van der Waals surface area contributed by atoms with Crippen molar-refractivity contribution in [1.29, 1.82) is 0 Å². The number of benzene rings is 1. The fourth-order valence-electron chi connectivity index (χ4n) is 3.40. The van der Waals surface area contributed by atoms with Crippen molar-refractivity contribution in [2.24, 2.45) is 0 Å². The van der Waals surface area contributed by atoms with Gasteiger partial charge in [-0.1, -0.05) is 24.3 Å². The van der Waals surface area contributed by atoms with Crippen molar-refractivity contribution in [2.45, 2.75) is 52.1 Å². The number of hydrogen-bond acceptors (Lipinski definition) is 2. The molecule has 128 valence electrons. The number of carbonyl (C=O) groups is 1. The number of nitrogens with one attached hydrogen (secondary N) is 1. The summed E-state index contributed by atoms with van der Waals surface area (Å²) in [5, 5.41) is 6.86. The van der Waals surface area contributed by atoms with E-state index in [1.165, 1.54) is 11.1 Å². The van der Waals surface area contributed by atoms with Crippen LogP contribution in [0.5, 0.6) is 0 Å². The molecule has 1 aromatic carbocycles. The molecular formula is C18H21F2N3O. The molecule has 4 nitrogen and oxygen atoms in total.